The molecule has 114 valence electrons. The van der Waals surface area contributed by atoms with Crippen molar-refractivity contribution >= 4 is 11.9 Å². The lowest BCUT2D eigenvalue weighted by atomic mass is 9.80. The van der Waals surface area contributed by atoms with Crippen molar-refractivity contribution in [2.75, 3.05) is 0 Å². The van der Waals surface area contributed by atoms with Gasteiger partial charge in [0.2, 0.25) is 0 Å². The Labute approximate surface area is 124 Å². The molecule has 1 fully saturated rings. The highest BCUT2D eigenvalue weighted by atomic mass is 19.1. The number of rotatable bonds is 4. The van der Waals surface area contributed by atoms with E-state index in [1.165, 1.54) is 29.5 Å². The molecule has 1 aliphatic rings. The summed E-state index contributed by atoms with van der Waals surface area (Å²) in [4.78, 5) is 26.5. The first kappa shape index (κ1) is 14.2. The van der Waals surface area contributed by atoms with Gasteiger partial charge in [-0.05, 0) is 31.0 Å². The Balaban J connectivity index is 1.67. The van der Waals surface area contributed by atoms with Crippen LogP contribution >= 0.6 is 0 Å². The first-order valence-electron chi connectivity index (χ1n) is 6.73. The van der Waals surface area contributed by atoms with Crippen LogP contribution in [0.3, 0.4) is 0 Å². The summed E-state index contributed by atoms with van der Waals surface area (Å²) < 4.78 is 15.3. The maximum absolute atomic E-state index is 14.0. The van der Waals surface area contributed by atoms with Crippen LogP contribution in [0.2, 0.25) is 0 Å². The lowest BCUT2D eigenvalue weighted by Crippen LogP contribution is -2.46. The molecule has 1 aliphatic carbocycles. The Kier molecular flexibility index (Phi) is 3.58. The van der Waals surface area contributed by atoms with E-state index in [9.17, 15) is 14.0 Å². The summed E-state index contributed by atoms with van der Waals surface area (Å²) in [7, 11) is 0. The number of aromatic nitrogens is 3. The van der Waals surface area contributed by atoms with Crippen LogP contribution in [0.4, 0.5) is 4.39 Å². The summed E-state index contributed by atoms with van der Waals surface area (Å²) in [5.41, 5.74) is 0.378. The fourth-order valence-electron chi connectivity index (χ4n) is 2.37. The number of carboxylic acids is 1. The van der Waals surface area contributed by atoms with Gasteiger partial charge in [-0.15, -0.1) is 0 Å². The molecule has 1 heterocycles. The van der Waals surface area contributed by atoms with Gasteiger partial charge in [0.25, 0.3) is 5.91 Å². The zero-order chi connectivity index (χ0) is 15.7. The number of hydrogen-bond donors (Lipinski definition) is 2. The second-order valence-corrected chi connectivity index (χ2v) is 5.18. The Bertz CT molecular complexity index is 711. The summed E-state index contributed by atoms with van der Waals surface area (Å²) in [6.45, 7) is 0. The van der Waals surface area contributed by atoms with E-state index in [4.69, 9.17) is 5.11 Å². The first-order chi connectivity index (χ1) is 10.5. The van der Waals surface area contributed by atoms with E-state index >= 15 is 0 Å². The first-order valence-corrected chi connectivity index (χ1v) is 6.73. The molecule has 0 spiro atoms. The van der Waals surface area contributed by atoms with Crippen LogP contribution in [0.25, 0.3) is 5.69 Å². The lowest BCUT2D eigenvalue weighted by Gasteiger charge is -2.32. The van der Waals surface area contributed by atoms with Gasteiger partial charge in [-0.2, -0.15) is 5.10 Å². The molecule has 0 bridgehead atoms. The van der Waals surface area contributed by atoms with E-state index in [-0.39, 0.29) is 17.3 Å². The second kappa shape index (κ2) is 5.55. The molecule has 1 amide bonds. The van der Waals surface area contributed by atoms with Gasteiger partial charge in [0.15, 0.2) is 0 Å². The second-order valence-electron chi connectivity index (χ2n) is 5.18. The number of benzene rings is 1. The van der Waals surface area contributed by atoms with Crippen LogP contribution < -0.4 is 5.32 Å². The highest BCUT2D eigenvalue weighted by Crippen LogP contribution is 2.27. The highest BCUT2D eigenvalue weighted by Gasteiger charge is 2.35. The van der Waals surface area contributed by atoms with Crippen molar-refractivity contribution in [3.63, 3.8) is 0 Å². The van der Waals surface area contributed by atoms with Crippen molar-refractivity contribution in [2.45, 2.75) is 18.9 Å². The molecule has 7 nitrogen and oxygen atoms in total. The molecule has 8 heteroatoms. The number of amides is 1. The summed E-state index contributed by atoms with van der Waals surface area (Å²) in [6, 6.07) is 3.88. The number of carboxylic acid groups (broad SMARTS) is 1. The summed E-state index contributed by atoms with van der Waals surface area (Å²) >= 11 is 0. The van der Waals surface area contributed by atoms with Crippen LogP contribution in [-0.2, 0) is 4.79 Å². The molecule has 2 N–H and O–H groups in total. The molecule has 0 radical (unpaired) electrons. The average molecular weight is 304 g/mol. The highest BCUT2D eigenvalue weighted by molar-refractivity contribution is 5.94. The average Bonchev–Trinajstić information content (AvgIpc) is 2.95. The Morgan fingerprint density at radius 2 is 2.14 bits per heavy atom. The van der Waals surface area contributed by atoms with Crippen molar-refractivity contribution in [1.29, 1.82) is 0 Å². The molecule has 22 heavy (non-hydrogen) atoms. The number of nitrogens with zero attached hydrogens (tertiary/aromatic N) is 3. The van der Waals surface area contributed by atoms with E-state index < -0.39 is 23.6 Å². The molecular formula is C14H13FN4O3. The number of carbonyl (C=O) groups is 2. The van der Waals surface area contributed by atoms with Crippen molar-refractivity contribution in [1.82, 2.24) is 20.1 Å². The minimum Gasteiger partial charge on any atom is -0.481 e. The fourth-order valence-corrected chi connectivity index (χ4v) is 2.37. The molecule has 1 aromatic carbocycles. The predicted octanol–water partition coefficient (Wildman–Crippen LogP) is 0.999. The normalized spacial score (nSPS) is 20.2. The van der Waals surface area contributed by atoms with Crippen LogP contribution in [0.15, 0.2) is 30.9 Å². The van der Waals surface area contributed by atoms with E-state index in [0.29, 0.717) is 12.8 Å². The standard InChI is InChI=1S/C14H13FN4O3/c15-11-5-8(1-2-12(11)19-7-16-6-17-19)13(20)18-10-3-9(4-10)14(21)22/h1-2,5-7,9-10H,3-4H2,(H,18,20)(H,21,22). The quantitative estimate of drug-likeness (QED) is 0.878. The van der Waals surface area contributed by atoms with Crippen LogP contribution in [0.5, 0.6) is 0 Å². The van der Waals surface area contributed by atoms with Crippen molar-refractivity contribution in [3.8, 4) is 5.69 Å². The third-order valence-corrected chi connectivity index (χ3v) is 3.70. The van der Waals surface area contributed by atoms with Gasteiger partial charge in [0.05, 0.1) is 5.92 Å². The number of carbonyl (C=O) groups excluding carboxylic acids is 1. The Morgan fingerprint density at radius 3 is 2.73 bits per heavy atom. The topological polar surface area (TPSA) is 97.1 Å². The molecule has 0 aliphatic heterocycles. The van der Waals surface area contributed by atoms with Gasteiger partial charge in [0.1, 0.15) is 24.2 Å². The molecular weight excluding hydrogens is 291 g/mol. The largest absolute Gasteiger partial charge is 0.481 e. The van der Waals surface area contributed by atoms with Crippen LogP contribution in [-0.4, -0.2) is 37.8 Å². The van der Waals surface area contributed by atoms with Crippen molar-refractivity contribution in [3.05, 3.63) is 42.2 Å². The predicted molar refractivity (Wildman–Crippen MR) is 72.9 cm³/mol. The Hall–Kier alpha value is -2.77. The zero-order valence-electron chi connectivity index (χ0n) is 11.4. The third-order valence-electron chi connectivity index (χ3n) is 3.70. The summed E-state index contributed by atoms with van der Waals surface area (Å²) in [6.07, 6.45) is 3.45. The molecule has 3 rings (SSSR count). The molecule has 1 aromatic heterocycles. The van der Waals surface area contributed by atoms with Gasteiger partial charge < -0.3 is 10.4 Å². The number of hydrogen-bond acceptors (Lipinski definition) is 4. The van der Waals surface area contributed by atoms with E-state index in [0.717, 1.165) is 6.07 Å². The van der Waals surface area contributed by atoms with Gasteiger partial charge >= 0.3 is 5.97 Å². The molecule has 0 atom stereocenters. The molecule has 0 saturated heterocycles. The zero-order valence-corrected chi connectivity index (χ0v) is 11.4. The summed E-state index contributed by atoms with van der Waals surface area (Å²) in [5.74, 6) is -2.27. The summed E-state index contributed by atoms with van der Waals surface area (Å²) in [5, 5.41) is 15.3. The van der Waals surface area contributed by atoms with Gasteiger partial charge in [-0.1, -0.05) is 0 Å². The monoisotopic (exact) mass is 304 g/mol. The number of halogens is 1. The van der Waals surface area contributed by atoms with Crippen LogP contribution in [0, 0.1) is 11.7 Å². The van der Waals surface area contributed by atoms with Gasteiger partial charge in [-0.25, -0.2) is 14.1 Å². The van der Waals surface area contributed by atoms with E-state index in [1.807, 2.05) is 0 Å². The van der Waals surface area contributed by atoms with Crippen molar-refractivity contribution in [2.24, 2.45) is 5.92 Å². The van der Waals surface area contributed by atoms with Gasteiger partial charge in [0, 0.05) is 11.6 Å². The lowest BCUT2D eigenvalue weighted by molar-refractivity contribution is -0.145. The SMILES string of the molecule is O=C(NC1CC(C(=O)O)C1)c1ccc(-n2cncn2)c(F)c1. The molecule has 0 unspecified atom stereocenters. The Morgan fingerprint density at radius 1 is 1.36 bits per heavy atom. The molecule has 2 aromatic rings. The van der Waals surface area contributed by atoms with Gasteiger partial charge in [-0.3, -0.25) is 9.59 Å². The maximum atomic E-state index is 14.0. The van der Waals surface area contributed by atoms with E-state index in [2.05, 4.69) is 15.4 Å². The smallest absolute Gasteiger partial charge is 0.306 e. The van der Waals surface area contributed by atoms with E-state index in [1.54, 1.807) is 0 Å². The molecule has 1 saturated carbocycles. The fraction of sp³-hybridized carbons (Fsp3) is 0.286. The maximum Gasteiger partial charge on any atom is 0.306 e. The number of aliphatic carboxylic acids is 1. The van der Waals surface area contributed by atoms with Crippen molar-refractivity contribution < 1.29 is 19.1 Å². The number of nitrogens with one attached hydrogen (secondary N) is 1. The van der Waals surface area contributed by atoms with Crippen LogP contribution in [0.1, 0.15) is 23.2 Å². The minimum absolute atomic E-state index is 0.174. The minimum atomic E-state index is -0.853. The third kappa shape index (κ3) is 2.67.